The monoisotopic (exact) mass is 410 g/mol. The Morgan fingerprint density at radius 3 is 2.86 bits per heavy atom. The van der Waals surface area contributed by atoms with Gasteiger partial charge in [0.1, 0.15) is 10.7 Å². The molecule has 1 amide bonds. The van der Waals surface area contributed by atoms with Gasteiger partial charge in [-0.15, -0.1) is 5.10 Å². The van der Waals surface area contributed by atoms with E-state index in [1.54, 1.807) is 6.07 Å². The van der Waals surface area contributed by atoms with Gasteiger partial charge in [0.15, 0.2) is 0 Å². The molecule has 0 unspecified atom stereocenters. The second-order valence-corrected chi connectivity index (χ2v) is 8.34. The Morgan fingerprint density at radius 1 is 1.28 bits per heavy atom. The number of piperidine rings is 1. The van der Waals surface area contributed by atoms with Crippen molar-refractivity contribution in [2.45, 2.75) is 39.0 Å². The van der Waals surface area contributed by atoms with Gasteiger partial charge in [-0.2, -0.15) is 0 Å². The smallest absolute Gasteiger partial charge is 0.267 e. The molecule has 1 aliphatic heterocycles. The van der Waals surface area contributed by atoms with Crippen molar-refractivity contribution in [1.82, 2.24) is 19.5 Å². The number of carbonyl (C=O) groups is 1. The first kappa shape index (κ1) is 19.6. The third-order valence-electron chi connectivity index (χ3n) is 5.36. The highest BCUT2D eigenvalue weighted by atomic mass is 32.1. The first-order valence-electron chi connectivity index (χ1n) is 9.80. The van der Waals surface area contributed by atoms with Crippen LogP contribution in [0, 0.1) is 19.7 Å². The number of aryl methyl sites for hydroxylation is 2. The van der Waals surface area contributed by atoms with E-state index >= 15 is 0 Å². The average molecular weight is 411 g/mol. The largest absolute Gasteiger partial charge is 0.337 e. The van der Waals surface area contributed by atoms with Crippen molar-refractivity contribution in [3.05, 3.63) is 75.3 Å². The minimum absolute atomic E-state index is 0.00133. The SMILES string of the molecule is Cc1cc(Cc2ccccc2F)cc([C@H]2CCCN(C(=O)c3snnc3C)C2)n1. The maximum Gasteiger partial charge on any atom is 0.267 e. The van der Waals surface area contributed by atoms with Crippen molar-refractivity contribution in [2.24, 2.45) is 0 Å². The lowest BCUT2D eigenvalue weighted by atomic mass is 9.92. The molecular formula is C22H23FN4OS. The third-order valence-corrected chi connectivity index (χ3v) is 6.17. The van der Waals surface area contributed by atoms with Gasteiger partial charge in [0.25, 0.3) is 5.91 Å². The van der Waals surface area contributed by atoms with Gasteiger partial charge >= 0.3 is 0 Å². The standard InChI is InChI=1S/C22H23FN4OS/c1-14-10-16(11-17-6-3-4-8-19(17)23)12-20(24-14)18-7-5-9-27(13-18)22(28)21-15(2)25-26-29-21/h3-4,6,8,10,12,18H,5,7,9,11,13H2,1-2H3/t18-/m0/s1. The van der Waals surface area contributed by atoms with Crippen molar-refractivity contribution in [1.29, 1.82) is 0 Å². The van der Waals surface area contributed by atoms with E-state index in [9.17, 15) is 9.18 Å². The van der Waals surface area contributed by atoms with Crippen LogP contribution in [0.3, 0.4) is 0 Å². The maximum absolute atomic E-state index is 14.1. The molecule has 7 heteroatoms. The van der Waals surface area contributed by atoms with Gasteiger partial charge in [0.05, 0.1) is 5.69 Å². The number of rotatable bonds is 4. The highest BCUT2D eigenvalue weighted by Gasteiger charge is 2.28. The zero-order valence-electron chi connectivity index (χ0n) is 16.6. The lowest BCUT2D eigenvalue weighted by Crippen LogP contribution is -2.39. The molecule has 150 valence electrons. The van der Waals surface area contributed by atoms with Crippen molar-refractivity contribution < 1.29 is 9.18 Å². The second-order valence-electron chi connectivity index (χ2n) is 7.59. The Morgan fingerprint density at radius 2 is 2.10 bits per heavy atom. The summed E-state index contributed by atoms with van der Waals surface area (Å²) in [6.07, 6.45) is 2.45. The van der Waals surface area contributed by atoms with Crippen LogP contribution in [0.2, 0.25) is 0 Å². The lowest BCUT2D eigenvalue weighted by Gasteiger charge is -2.32. The maximum atomic E-state index is 14.1. The number of hydrogen-bond donors (Lipinski definition) is 0. The topological polar surface area (TPSA) is 59.0 Å². The van der Waals surface area contributed by atoms with E-state index in [0.717, 1.165) is 47.9 Å². The van der Waals surface area contributed by atoms with Crippen LogP contribution in [0.15, 0.2) is 36.4 Å². The van der Waals surface area contributed by atoms with E-state index < -0.39 is 0 Å². The predicted molar refractivity (Wildman–Crippen MR) is 111 cm³/mol. The van der Waals surface area contributed by atoms with Crippen molar-refractivity contribution in [3.63, 3.8) is 0 Å². The molecule has 4 rings (SSSR count). The normalized spacial score (nSPS) is 16.8. The fraction of sp³-hybridized carbons (Fsp3) is 0.364. The zero-order valence-corrected chi connectivity index (χ0v) is 17.4. The molecule has 0 saturated carbocycles. The van der Waals surface area contributed by atoms with Gasteiger partial charge in [0.2, 0.25) is 0 Å². The molecule has 3 aromatic rings. The van der Waals surface area contributed by atoms with Crippen molar-refractivity contribution in [2.75, 3.05) is 13.1 Å². The van der Waals surface area contributed by atoms with Gasteiger partial charge in [-0.1, -0.05) is 22.7 Å². The van der Waals surface area contributed by atoms with Gasteiger partial charge in [-0.05, 0) is 67.5 Å². The van der Waals surface area contributed by atoms with Gasteiger partial charge < -0.3 is 4.90 Å². The molecule has 0 radical (unpaired) electrons. The van der Waals surface area contributed by atoms with E-state index in [1.807, 2.05) is 36.9 Å². The van der Waals surface area contributed by atoms with E-state index in [2.05, 4.69) is 15.7 Å². The molecule has 29 heavy (non-hydrogen) atoms. The minimum Gasteiger partial charge on any atom is -0.337 e. The number of nitrogens with zero attached hydrogens (tertiary/aromatic N) is 4. The van der Waals surface area contributed by atoms with E-state index in [-0.39, 0.29) is 17.6 Å². The second kappa shape index (κ2) is 8.37. The Balaban J connectivity index is 1.54. The summed E-state index contributed by atoms with van der Waals surface area (Å²) in [5.41, 5.74) is 4.30. The predicted octanol–water partition coefficient (Wildman–Crippen LogP) is 4.30. The van der Waals surface area contributed by atoms with Crippen LogP contribution in [0.5, 0.6) is 0 Å². The number of benzene rings is 1. The molecule has 1 saturated heterocycles. The molecule has 5 nitrogen and oxygen atoms in total. The van der Waals surface area contributed by atoms with Crippen molar-refractivity contribution >= 4 is 17.4 Å². The number of pyridine rings is 1. The van der Waals surface area contributed by atoms with E-state index in [1.165, 1.54) is 6.07 Å². The number of likely N-dealkylation sites (tertiary alicyclic amines) is 1. The number of amides is 1. The summed E-state index contributed by atoms with van der Waals surface area (Å²) in [5.74, 6) is -0.0129. The molecule has 1 aliphatic rings. The van der Waals surface area contributed by atoms with Crippen LogP contribution in [-0.2, 0) is 6.42 Å². The Bertz CT molecular complexity index is 1040. The summed E-state index contributed by atoms with van der Waals surface area (Å²) in [7, 11) is 0. The quantitative estimate of drug-likeness (QED) is 0.643. The summed E-state index contributed by atoms with van der Waals surface area (Å²) < 4.78 is 18.0. The summed E-state index contributed by atoms with van der Waals surface area (Å²) in [6, 6.07) is 10.9. The third kappa shape index (κ3) is 4.34. The molecule has 0 aliphatic carbocycles. The molecule has 1 atom stereocenters. The Kier molecular flexibility index (Phi) is 5.67. The fourth-order valence-electron chi connectivity index (χ4n) is 3.92. The van der Waals surface area contributed by atoms with E-state index in [4.69, 9.17) is 4.98 Å². The lowest BCUT2D eigenvalue weighted by molar-refractivity contribution is 0.0710. The first-order chi connectivity index (χ1) is 14.0. The number of hydrogen-bond acceptors (Lipinski definition) is 5. The minimum atomic E-state index is -0.188. The molecule has 0 N–H and O–H groups in total. The molecule has 3 heterocycles. The molecule has 1 fully saturated rings. The van der Waals surface area contributed by atoms with Gasteiger partial charge in [-0.25, -0.2) is 4.39 Å². The fourth-order valence-corrected chi connectivity index (χ4v) is 4.54. The van der Waals surface area contributed by atoms with Crippen LogP contribution in [-0.4, -0.2) is 38.5 Å². The summed E-state index contributed by atoms with van der Waals surface area (Å²) >= 11 is 1.15. The summed E-state index contributed by atoms with van der Waals surface area (Å²) in [4.78, 5) is 20.1. The molecule has 2 aromatic heterocycles. The number of halogens is 1. The summed E-state index contributed by atoms with van der Waals surface area (Å²) in [5, 5.41) is 3.96. The molecular weight excluding hydrogens is 387 g/mol. The van der Waals surface area contributed by atoms with Crippen LogP contribution in [0.1, 0.15) is 56.6 Å². The number of carbonyl (C=O) groups excluding carboxylic acids is 1. The molecule has 0 spiro atoms. The highest BCUT2D eigenvalue weighted by Crippen LogP contribution is 2.29. The molecule has 1 aromatic carbocycles. The molecule has 0 bridgehead atoms. The van der Waals surface area contributed by atoms with Crippen molar-refractivity contribution in [3.8, 4) is 0 Å². The Labute approximate surface area is 173 Å². The summed E-state index contributed by atoms with van der Waals surface area (Å²) in [6.45, 7) is 5.15. The van der Waals surface area contributed by atoms with E-state index in [0.29, 0.717) is 29.1 Å². The average Bonchev–Trinajstić information content (AvgIpc) is 3.15. The Hall–Kier alpha value is -2.67. The first-order valence-corrected chi connectivity index (χ1v) is 10.6. The number of aromatic nitrogens is 3. The highest BCUT2D eigenvalue weighted by molar-refractivity contribution is 7.07. The van der Waals surface area contributed by atoms with Crippen LogP contribution < -0.4 is 0 Å². The van der Waals surface area contributed by atoms with Crippen LogP contribution in [0.4, 0.5) is 4.39 Å². The van der Waals surface area contributed by atoms with Gasteiger partial charge in [0, 0.05) is 36.8 Å². The van der Waals surface area contributed by atoms with Crippen LogP contribution >= 0.6 is 11.5 Å². The van der Waals surface area contributed by atoms with Crippen LogP contribution in [0.25, 0.3) is 0 Å². The zero-order chi connectivity index (χ0) is 20.4. The van der Waals surface area contributed by atoms with Gasteiger partial charge in [-0.3, -0.25) is 9.78 Å².